The minimum Gasteiger partial charge on any atom is -0.379 e. The molecule has 1 unspecified atom stereocenters. The van der Waals surface area contributed by atoms with Crippen molar-refractivity contribution in [3.05, 3.63) is 0 Å². The number of piperidine rings is 1. The second-order valence-corrected chi connectivity index (χ2v) is 7.97. The Bertz CT molecular complexity index is 473. The molecule has 2 N–H and O–H groups in total. The first-order chi connectivity index (χ1) is 12.1. The second kappa shape index (κ2) is 8.47. The third-order valence-corrected chi connectivity index (χ3v) is 5.88. The molecule has 3 rings (SSSR count). The number of carbonyl (C=O) groups is 2. The van der Waals surface area contributed by atoms with E-state index < -0.39 is 0 Å². The Morgan fingerprint density at radius 3 is 2.72 bits per heavy atom. The molecule has 0 aromatic heterocycles. The van der Waals surface area contributed by atoms with Crippen LogP contribution in [0.1, 0.15) is 26.2 Å². The van der Waals surface area contributed by atoms with Crippen molar-refractivity contribution in [1.82, 2.24) is 20.4 Å². The lowest BCUT2D eigenvalue weighted by Gasteiger charge is -2.34. The monoisotopic (exact) mass is 352 g/mol. The summed E-state index contributed by atoms with van der Waals surface area (Å²) in [6, 6.07) is 0. The maximum absolute atomic E-state index is 12.5. The lowest BCUT2D eigenvalue weighted by Crippen LogP contribution is -2.45. The van der Waals surface area contributed by atoms with Crippen molar-refractivity contribution in [3.63, 3.8) is 0 Å². The lowest BCUT2D eigenvalue weighted by molar-refractivity contribution is -0.129. The number of ether oxygens (including phenoxy) is 1. The molecule has 7 nitrogen and oxygen atoms in total. The molecule has 0 bridgehead atoms. The minimum atomic E-state index is -0.192. The van der Waals surface area contributed by atoms with E-state index in [9.17, 15) is 9.59 Å². The number of nitrogens with one attached hydrogen (secondary N) is 2. The van der Waals surface area contributed by atoms with Crippen LogP contribution in [0.3, 0.4) is 0 Å². The Morgan fingerprint density at radius 2 is 2.00 bits per heavy atom. The third kappa shape index (κ3) is 5.15. The highest BCUT2D eigenvalue weighted by Gasteiger charge is 2.35. The molecule has 0 aliphatic carbocycles. The molecule has 1 atom stereocenters. The summed E-state index contributed by atoms with van der Waals surface area (Å²) in [7, 11) is 0. The van der Waals surface area contributed by atoms with Gasteiger partial charge in [0.25, 0.3) is 0 Å². The van der Waals surface area contributed by atoms with Gasteiger partial charge < -0.3 is 20.3 Å². The fraction of sp³-hybridized carbons (Fsp3) is 0.889. The molecule has 7 heteroatoms. The predicted octanol–water partition coefficient (Wildman–Crippen LogP) is -0.327. The zero-order valence-corrected chi connectivity index (χ0v) is 15.4. The van der Waals surface area contributed by atoms with Crippen molar-refractivity contribution in [1.29, 1.82) is 0 Å². The smallest absolute Gasteiger partial charge is 0.225 e. The van der Waals surface area contributed by atoms with E-state index >= 15 is 0 Å². The molecule has 142 valence electrons. The van der Waals surface area contributed by atoms with E-state index in [4.69, 9.17) is 4.74 Å². The Kier molecular flexibility index (Phi) is 6.30. The molecular weight excluding hydrogens is 320 g/mol. The molecule has 0 aromatic carbocycles. The van der Waals surface area contributed by atoms with Gasteiger partial charge in [0.05, 0.1) is 19.1 Å². The summed E-state index contributed by atoms with van der Waals surface area (Å²) in [5.41, 5.74) is 0.180. The van der Waals surface area contributed by atoms with Gasteiger partial charge in [0, 0.05) is 45.7 Å². The van der Waals surface area contributed by atoms with Crippen molar-refractivity contribution in [2.45, 2.75) is 26.2 Å². The van der Waals surface area contributed by atoms with Gasteiger partial charge in [-0.1, -0.05) is 6.92 Å². The number of amides is 2. The molecule has 25 heavy (non-hydrogen) atoms. The van der Waals surface area contributed by atoms with Gasteiger partial charge >= 0.3 is 0 Å². The largest absolute Gasteiger partial charge is 0.379 e. The van der Waals surface area contributed by atoms with E-state index in [1.165, 1.54) is 0 Å². The van der Waals surface area contributed by atoms with Crippen molar-refractivity contribution >= 4 is 11.8 Å². The molecule has 0 radical (unpaired) electrons. The Morgan fingerprint density at radius 1 is 1.28 bits per heavy atom. The Hall–Kier alpha value is -1.18. The summed E-state index contributed by atoms with van der Waals surface area (Å²) in [4.78, 5) is 28.9. The number of hydrogen-bond acceptors (Lipinski definition) is 5. The molecular formula is C18H32N4O3. The number of morpholine rings is 1. The van der Waals surface area contributed by atoms with Crippen LogP contribution < -0.4 is 10.6 Å². The summed E-state index contributed by atoms with van der Waals surface area (Å²) in [5.74, 6) is -0.0361. The highest BCUT2D eigenvalue weighted by molar-refractivity contribution is 5.89. The molecule has 3 saturated heterocycles. The molecule has 0 spiro atoms. The highest BCUT2D eigenvalue weighted by Crippen LogP contribution is 2.27. The Labute approximate surface area is 150 Å². The van der Waals surface area contributed by atoms with Crippen molar-refractivity contribution < 1.29 is 14.3 Å². The van der Waals surface area contributed by atoms with Crippen LogP contribution in [0.2, 0.25) is 0 Å². The van der Waals surface area contributed by atoms with Crippen LogP contribution in [-0.2, 0) is 14.3 Å². The third-order valence-electron chi connectivity index (χ3n) is 5.88. The molecule has 0 saturated carbocycles. The van der Waals surface area contributed by atoms with E-state index in [-0.39, 0.29) is 23.1 Å². The molecule has 3 aliphatic heterocycles. The van der Waals surface area contributed by atoms with Crippen LogP contribution >= 0.6 is 0 Å². The van der Waals surface area contributed by atoms with Crippen molar-refractivity contribution in [3.8, 4) is 0 Å². The van der Waals surface area contributed by atoms with E-state index in [2.05, 4.69) is 22.5 Å². The zero-order valence-electron chi connectivity index (χ0n) is 15.4. The first-order valence-corrected chi connectivity index (χ1v) is 9.62. The fourth-order valence-electron chi connectivity index (χ4n) is 3.90. The van der Waals surface area contributed by atoms with E-state index in [0.29, 0.717) is 26.1 Å². The minimum absolute atomic E-state index is 0.0435. The fourth-order valence-corrected chi connectivity index (χ4v) is 3.90. The standard InChI is InChI=1S/C18H32N4O3/c1-18(2-4-19-5-3-18)14-20-17(24)15-12-16(23)22(13-15)7-6-21-8-10-25-11-9-21/h15,19H,2-14H2,1H3,(H,20,24). The summed E-state index contributed by atoms with van der Waals surface area (Å²) in [5, 5.41) is 6.47. The average molecular weight is 352 g/mol. The van der Waals surface area contributed by atoms with Crippen molar-refractivity contribution in [2.75, 3.05) is 65.6 Å². The summed E-state index contributed by atoms with van der Waals surface area (Å²) in [6.07, 6.45) is 2.53. The van der Waals surface area contributed by atoms with Crippen LogP contribution in [0, 0.1) is 11.3 Å². The normalized spacial score (nSPS) is 27.5. The SMILES string of the molecule is CC1(CNC(=O)C2CC(=O)N(CCN3CCOCC3)C2)CCNCC1. The van der Waals surface area contributed by atoms with Gasteiger partial charge in [-0.05, 0) is 31.3 Å². The van der Waals surface area contributed by atoms with Crippen LogP contribution in [0.5, 0.6) is 0 Å². The Balaban J connectivity index is 1.40. The number of likely N-dealkylation sites (tertiary alicyclic amines) is 1. The van der Waals surface area contributed by atoms with E-state index in [1.54, 1.807) is 0 Å². The first-order valence-electron chi connectivity index (χ1n) is 9.62. The maximum Gasteiger partial charge on any atom is 0.225 e. The van der Waals surface area contributed by atoms with Crippen LogP contribution in [0.25, 0.3) is 0 Å². The topological polar surface area (TPSA) is 73.9 Å². The summed E-state index contributed by atoms with van der Waals surface area (Å²) < 4.78 is 5.35. The van der Waals surface area contributed by atoms with Crippen LogP contribution in [-0.4, -0.2) is 87.2 Å². The number of carbonyl (C=O) groups excluding carboxylic acids is 2. The quantitative estimate of drug-likeness (QED) is 0.685. The predicted molar refractivity (Wildman–Crippen MR) is 95.2 cm³/mol. The average Bonchev–Trinajstić information content (AvgIpc) is 3.00. The van der Waals surface area contributed by atoms with Gasteiger partial charge in [0.2, 0.25) is 11.8 Å². The van der Waals surface area contributed by atoms with E-state index in [1.807, 2.05) is 4.90 Å². The highest BCUT2D eigenvalue weighted by atomic mass is 16.5. The van der Waals surface area contributed by atoms with Crippen molar-refractivity contribution in [2.24, 2.45) is 11.3 Å². The number of rotatable bonds is 6. The van der Waals surface area contributed by atoms with Gasteiger partial charge in [-0.3, -0.25) is 14.5 Å². The molecule has 0 aromatic rings. The summed E-state index contributed by atoms with van der Waals surface area (Å²) in [6.45, 7) is 10.5. The maximum atomic E-state index is 12.5. The van der Waals surface area contributed by atoms with E-state index in [0.717, 1.165) is 58.8 Å². The molecule has 3 aliphatic rings. The molecule has 3 fully saturated rings. The number of nitrogens with zero attached hydrogens (tertiary/aromatic N) is 2. The van der Waals surface area contributed by atoms with Gasteiger partial charge in [-0.25, -0.2) is 0 Å². The first kappa shape index (κ1) is 18.6. The number of hydrogen-bond donors (Lipinski definition) is 2. The second-order valence-electron chi connectivity index (χ2n) is 7.97. The van der Waals surface area contributed by atoms with Gasteiger partial charge in [0.15, 0.2) is 0 Å². The van der Waals surface area contributed by atoms with Crippen LogP contribution in [0.4, 0.5) is 0 Å². The van der Waals surface area contributed by atoms with Gasteiger partial charge in [-0.15, -0.1) is 0 Å². The van der Waals surface area contributed by atoms with Crippen LogP contribution in [0.15, 0.2) is 0 Å². The molecule has 3 heterocycles. The summed E-state index contributed by atoms with van der Waals surface area (Å²) >= 11 is 0. The van der Waals surface area contributed by atoms with Gasteiger partial charge in [0.1, 0.15) is 0 Å². The molecule has 2 amide bonds. The van der Waals surface area contributed by atoms with Gasteiger partial charge in [-0.2, -0.15) is 0 Å². The lowest BCUT2D eigenvalue weighted by atomic mass is 9.81. The zero-order chi connectivity index (χ0) is 17.7.